The van der Waals surface area contributed by atoms with E-state index in [2.05, 4.69) is 32.0 Å². The van der Waals surface area contributed by atoms with Crippen molar-refractivity contribution in [3.63, 3.8) is 0 Å². The predicted molar refractivity (Wildman–Crippen MR) is 79.2 cm³/mol. The van der Waals surface area contributed by atoms with Crippen molar-refractivity contribution in [2.24, 2.45) is 4.99 Å². The first-order valence-electron chi connectivity index (χ1n) is 7.07. The molecule has 0 spiro atoms. The van der Waals surface area contributed by atoms with Gasteiger partial charge in [-0.1, -0.05) is 44.2 Å². The van der Waals surface area contributed by atoms with Crippen molar-refractivity contribution >= 4 is 5.71 Å². The fourth-order valence-corrected chi connectivity index (χ4v) is 3.69. The maximum absolute atomic E-state index is 14.4. The lowest BCUT2D eigenvalue weighted by atomic mass is 9.66. The SMILES string of the molecule is CC1(C)c2cccc3c2C(=NCC3)c2cccc(F)c21. The van der Waals surface area contributed by atoms with Crippen LogP contribution in [0.4, 0.5) is 4.39 Å². The zero-order valence-corrected chi connectivity index (χ0v) is 11.7. The fourth-order valence-electron chi connectivity index (χ4n) is 3.69. The average Bonchev–Trinajstić information content (AvgIpc) is 2.44. The van der Waals surface area contributed by atoms with Crippen LogP contribution in [0.2, 0.25) is 0 Å². The summed E-state index contributed by atoms with van der Waals surface area (Å²) in [5, 5.41) is 0. The van der Waals surface area contributed by atoms with Gasteiger partial charge in [-0.3, -0.25) is 4.99 Å². The molecule has 2 heteroatoms. The van der Waals surface area contributed by atoms with Gasteiger partial charge in [-0.15, -0.1) is 0 Å². The zero-order chi connectivity index (χ0) is 13.9. The van der Waals surface area contributed by atoms with Crippen LogP contribution in [0, 0.1) is 5.82 Å². The van der Waals surface area contributed by atoms with Gasteiger partial charge >= 0.3 is 0 Å². The lowest BCUT2D eigenvalue weighted by Crippen LogP contribution is -2.34. The average molecular weight is 265 g/mol. The highest BCUT2D eigenvalue weighted by molar-refractivity contribution is 6.18. The largest absolute Gasteiger partial charge is 0.284 e. The molecule has 0 aromatic heterocycles. The fraction of sp³-hybridized carbons (Fsp3) is 0.278. The van der Waals surface area contributed by atoms with E-state index in [0.717, 1.165) is 29.8 Å². The van der Waals surface area contributed by atoms with Crippen LogP contribution in [-0.2, 0) is 11.8 Å². The van der Waals surface area contributed by atoms with Crippen molar-refractivity contribution in [1.29, 1.82) is 0 Å². The molecule has 0 saturated heterocycles. The van der Waals surface area contributed by atoms with Crippen LogP contribution < -0.4 is 0 Å². The summed E-state index contributed by atoms with van der Waals surface area (Å²) in [4.78, 5) is 4.70. The summed E-state index contributed by atoms with van der Waals surface area (Å²) in [5.74, 6) is -0.128. The second-order valence-electron chi connectivity index (χ2n) is 6.11. The summed E-state index contributed by atoms with van der Waals surface area (Å²) in [6.45, 7) is 5.01. The van der Waals surface area contributed by atoms with E-state index in [1.54, 1.807) is 12.1 Å². The number of benzene rings is 2. The van der Waals surface area contributed by atoms with Gasteiger partial charge < -0.3 is 0 Å². The number of rotatable bonds is 0. The van der Waals surface area contributed by atoms with Gasteiger partial charge in [0, 0.05) is 28.7 Å². The molecule has 0 atom stereocenters. The highest BCUT2D eigenvalue weighted by Crippen LogP contribution is 2.44. The molecule has 1 nitrogen and oxygen atoms in total. The Hall–Kier alpha value is -1.96. The lowest BCUT2D eigenvalue weighted by Gasteiger charge is -2.38. The van der Waals surface area contributed by atoms with E-state index in [1.165, 1.54) is 16.7 Å². The first-order chi connectivity index (χ1) is 9.60. The third-order valence-corrected chi connectivity index (χ3v) is 4.61. The molecule has 0 bridgehead atoms. The topological polar surface area (TPSA) is 12.4 Å². The predicted octanol–water partition coefficient (Wildman–Crippen LogP) is 3.86. The molecule has 0 fully saturated rings. The van der Waals surface area contributed by atoms with Gasteiger partial charge in [0.2, 0.25) is 0 Å². The molecule has 1 heterocycles. The van der Waals surface area contributed by atoms with Crippen LogP contribution in [0.1, 0.15) is 41.7 Å². The van der Waals surface area contributed by atoms with Crippen LogP contribution in [0.25, 0.3) is 0 Å². The Kier molecular flexibility index (Phi) is 2.24. The first kappa shape index (κ1) is 11.8. The summed E-state index contributed by atoms with van der Waals surface area (Å²) >= 11 is 0. The van der Waals surface area contributed by atoms with Crippen LogP contribution in [0.15, 0.2) is 41.4 Å². The number of aliphatic imine (C=N–C) groups is 1. The zero-order valence-electron chi connectivity index (χ0n) is 11.7. The van der Waals surface area contributed by atoms with E-state index in [4.69, 9.17) is 4.99 Å². The number of halogens is 1. The van der Waals surface area contributed by atoms with Crippen LogP contribution in [0.5, 0.6) is 0 Å². The van der Waals surface area contributed by atoms with Crippen molar-refractivity contribution in [3.05, 3.63) is 70.0 Å². The molecule has 100 valence electrons. The Morgan fingerprint density at radius 2 is 1.90 bits per heavy atom. The van der Waals surface area contributed by atoms with Gasteiger partial charge in [0.25, 0.3) is 0 Å². The second kappa shape index (κ2) is 3.78. The second-order valence-corrected chi connectivity index (χ2v) is 6.11. The summed E-state index contributed by atoms with van der Waals surface area (Å²) in [5.41, 5.74) is 6.20. The molecule has 0 amide bonds. The molecule has 0 unspecified atom stereocenters. The Morgan fingerprint density at radius 3 is 2.75 bits per heavy atom. The summed E-state index contributed by atoms with van der Waals surface area (Å²) < 4.78 is 14.4. The summed E-state index contributed by atoms with van der Waals surface area (Å²) in [7, 11) is 0. The minimum atomic E-state index is -0.317. The van der Waals surface area contributed by atoms with E-state index in [-0.39, 0.29) is 11.2 Å². The number of fused-ring (bicyclic) bond motifs is 2. The summed E-state index contributed by atoms with van der Waals surface area (Å²) in [6, 6.07) is 11.7. The molecule has 0 N–H and O–H groups in total. The van der Waals surface area contributed by atoms with E-state index < -0.39 is 0 Å². The quantitative estimate of drug-likeness (QED) is 0.686. The lowest BCUT2D eigenvalue weighted by molar-refractivity contribution is 0.542. The Bertz CT molecular complexity index is 756. The van der Waals surface area contributed by atoms with Gasteiger partial charge in [-0.2, -0.15) is 0 Å². The molecule has 1 aliphatic heterocycles. The number of nitrogens with zero attached hydrogens (tertiary/aromatic N) is 1. The van der Waals surface area contributed by atoms with Crippen molar-refractivity contribution in [3.8, 4) is 0 Å². The first-order valence-corrected chi connectivity index (χ1v) is 7.07. The minimum Gasteiger partial charge on any atom is -0.284 e. The number of hydrogen-bond donors (Lipinski definition) is 0. The Labute approximate surface area is 118 Å². The molecular formula is C18H16FN. The molecule has 0 radical (unpaired) electrons. The smallest absolute Gasteiger partial charge is 0.127 e. The van der Waals surface area contributed by atoms with Gasteiger partial charge in [0.1, 0.15) is 5.82 Å². The molecule has 2 aliphatic rings. The van der Waals surface area contributed by atoms with Crippen molar-refractivity contribution in [2.45, 2.75) is 25.7 Å². The highest BCUT2D eigenvalue weighted by atomic mass is 19.1. The highest BCUT2D eigenvalue weighted by Gasteiger charge is 2.39. The van der Waals surface area contributed by atoms with E-state index in [9.17, 15) is 4.39 Å². The van der Waals surface area contributed by atoms with Gasteiger partial charge in [0.15, 0.2) is 0 Å². The Morgan fingerprint density at radius 1 is 1.10 bits per heavy atom. The van der Waals surface area contributed by atoms with Gasteiger partial charge in [-0.25, -0.2) is 4.39 Å². The van der Waals surface area contributed by atoms with Crippen molar-refractivity contribution < 1.29 is 4.39 Å². The molecule has 20 heavy (non-hydrogen) atoms. The maximum Gasteiger partial charge on any atom is 0.127 e. The molecule has 0 saturated carbocycles. The van der Waals surface area contributed by atoms with Crippen LogP contribution in [-0.4, -0.2) is 12.3 Å². The van der Waals surface area contributed by atoms with Crippen LogP contribution >= 0.6 is 0 Å². The monoisotopic (exact) mass is 265 g/mol. The van der Waals surface area contributed by atoms with E-state index in [1.807, 2.05) is 6.07 Å². The minimum absolute atomic E-state index is 0.128. The third kappa shape index (κ3) is 1.34. The summed E-state index contributed by atoms with van der Waals surface area (Å²) in [6.07, 6.45) is 0.980. The molecule has 2 aromatic rings. The van der Waals surface area contributed by atoms with Crippen molar-refractivity contribution in [2.75, 3.05) is 6.54 Å². The maximum atomic E-state index is 14.4. The standard InChI is InChI=1S/C18H16FN/c1-18(2)13-7-3-5-11-9-10-20-17(15(11)13)12-6-4-8-14(19)16(12)18/h3-8H,9-10H2,1-2H3. The van der Waals surface area contributed by atoms with Crippen LogP contribution in [0.3, 0.4) is 0 Å². The van der Waals surface area contributed by atoms with Gasteiger partial charge in [-0.05, 0) is 23.6 Å². The molecule has 1 aliphatic carbocycles. The van der Waals surface area contributed by atoms with E-state index >= 15 is 0 Å². The van der Waals surface area contributed by atoms with E-state index in [0.29, 0.717) is 0 Å². The van der Waals surface area contributed by atoms with Gasteiger partial charge in [0.05, 0.1) is 5.71 Å². The normalized spacial score (nSPS) is 18.1. The molecule has 4 rings (SSSR count). The third-order valence-electron chi connectivity index (χ3n) is 4.61. The number of hydrogen-bond acceptors (Lipinski definition) is 1. The molecular weight excluding hydrogens is 249 g/mol. The van der Waals surface area contributed by atoms with Crippen molar-refractivity contribution in [1.82, 2.24) is 0 Å². The Balaban J connectivity index is 2.16. The molecule has 2 aromatic carbocycles.